The van der Waals surface area contributed by atoms with E-state index in [1.54, 1.807) is 0 Å². The van der Waals surface area contributed by atoms with Gasteiger partial charge in [-0.2, -0.15) is 0 Å². The van der Waals surface area contributed by atoms with Crippen LogP contribution in [0.2, 0.25) is 0 Å². The Morgan fingerprint density at radius 2 is 1.04 bits per heavy atom. The van der Waals surface area contributed by atoms with Crippen LogP contribution in [0, 0.1) is 0 Å². The Morgan fingerprint density at radius 3 is 1.69 bits per heavy atom. The first-order chi connectivity index (χ1) is 22.3. The van der Waals surface area contributed by atoms with Crippen molar-refractivity contribution < 1.29 is 0 Å². The van der Waals surface area contributed by atoms with Crippen LogP contribution in [-0.4, -0.2) is 17.0 Å². The maximum Gasteiger partial charge on any atom is 0.420 e. The van der Waals surface area contributed by atoms with Crippen LogP contribution in [-0.2, 0) is 0 Å². The molecule has 0 spiro atoms. The van der Waals surface area contributed by atoms with E-state index in [4.69, 9.17) is 0 Å². The van der Waals surface area contributed by atoms with E-state index in [2.05, 4.69) is 147 Å². The van der Waals surface area contributed by atoms with Crippen LogP contribution in [0.1, 0.15) is 18.4 Å². The van der Waals surface area contributed by atoms with E-state index in [9.17, 15) is 0 Å². The molecule has 45 heavy (non-hydrogen) atoms. The van der Waals surface area contributed by atoms with Crippen LogP contribution < -0.4 is 15.1 Å². The third kappa shape index (κ3) is 5.13. The van der Waals surface area contributed by atoms with E-state index < -0.39 is 0 Å². The number of benzene rings is 4. The number of allylic oxidation sites excluding steroid dienone is 4. The summed E-state index contributed by atoms with van der Waals surface area (Å²) < 4.78 is 0. The predicted molar refractivity (Wildman–Crippen MR) is 188 cm³/mol. The highest BCUT2D eigenvalue weighted by molar-refractivity contribution is 6.83. The molecule has 4 aromatic carbocycles. The summed E-state index contributed by atoms with van der Waals surface area (Å²) in [5.74, 6) is 0. The molecule has 0 unspecified atom stereocenters. The summed E-state index contributed by atoms with van der Waals surface area (Å²) >= 11 is 0. The summed E-state index contributed by atoms with van der Waals surface area (Å²) in [6.45, 7) is -0.0453. The van der Waals surface area contributed by atoms with Gasteiger partial charge in [-0.15, -0.1) is 0 Å². The quantitative estimate of drug-likeness (QED) is 0.185. The summed E-state index contributed by atoms with van der Waals surface area (Å²) in [7, 11) is 0. The molecule has 3 heterocycles. The maximum atomic E-state index is 4.35. The van der Waals surface area contributed by atoms with Gasteiger partial charge in [-0.25, -0.2) is 0 Å². The third-order valence-electron chi connectivity index (χ3n) is 8.82. The van der Waals surface area contributed by atoms with Crippen LogP contribution >= 0.6 is 0 Å². The number of fused-ring (bicyclic) bond motifs is 1. The Labute approximate surface area is 264 Å². The highest BCUT2D eigenvalue weighted by Gasteiger charge is 2.44. The number of anilines is 3. The van der Waals surface area contributed by atoms with Gasteiger partial charge >= 0.3 is 6.98 Å². The zero-order chi connectivity index (χ0) is 30.0. The number of aromatic nitrogens is 2. The van der Waals surface area contributed by atoms with Gasteiger partial charge in [-0.1, -0.05) is 97.1 Å². The molecule has 8 rings (SSSR count). The Hall–Kier alpha value is -5.68. The largest absolute Gasteiger partial charge is 0.420 e. The Bertz CT molecular complexity index is 1990. The molecule has 0 saturated heterocycles. The first-order valence-electron chi connectivity index (χ1n) is 15.5. The molecule has 0 bridgehead atoms. The topological polar surface area (TPSA) is 32.3 Å². The fourth-order valence-electron chi connectivity index (χ4n) is 6.59. The smallest absolute Gasteiger partial charge is 0.363 e. The molecule has 2 aromatic heterocycles. The normalized spacial score (nSPS) is 14.2. The zero-order valence-corrected chi connectivity index (χ0v) is 24.9. The van der Waals surface area contributed by atoms with Crippen LogP contribution in [0.3, 0.4) is 0 Å². The Kier molecular flexibility index (Phi) is 7.05. The zero-order valence-electron chi connectivity index (χ0n) is 24.9. The van der Waals surface area contributed by atoms with Crippen LogP contribution in [0.4, 0.5) is 17.1 Å². The van der Waals surface area contributed by atoms with Gasteiger partial charge in [-0.3, -0.25) is 9.97 Å². The molecule has 1 aliphatic carbocycles. The van der Waals surface area contributed by atoms with Crippen molar-refractivity contribution in [1.82, 2.24) is 9.97 Å². The van der Waals surface area contributed by atoms with Gasteiger partial charge < -0.3 is 9.62 Å². The van der Waals surface area contributed by atoms with Gasteiger partial charge in [0.05, 0.1) is 11.4 Å². The molecule has 0 amide bonds. The molecule has 0 atom stereocenters. The van der Waals surface area contributed by atoms with Crippen molar-refractivity contribution in [3.8, 4) is 22.3 Å². The molecule has 5 heteroatoms. The van der Waals surface area contributed by atoms with Crippen molar-refractivity contribution in [3.63, 3.8) is 0 Å². The van der Waals surface area contributed by atoms with Crippen LogP contribution in [0.15, 0.2) is 170 Å². The van der Waals surface area contributed by atoms with Crippen molar-refractivity contribution >= 4 is 35.1 Å². The third-order valence-corrected chi connectivity index (χ3v) is 8.82. The van der Waals surface area contributed by atoms with E-state index >= 15 is 0 Å². The molecule has 2 aliphatic rings. The van der Waals surface area contributed by atoms with Crippen molar-refractivity contribution in [3.05, 3.63) is 176 Å². The van der Waals surface area contributed by atoms with Gasteiger partial charge in [0.1, 0.15) is 0 Å². The molecular formula is C40H31BN4. The average molecular weight is 579 g/mol. The molecule has 0 saturated carbocycles. The highest BCUT2D eigenvalue weighted by atomic mass is 15.3. The molecule has 0 fully saturated rings. The summed E-state index contributed by atoms with van der Waals surface area (Å²) in [6.07, 6.45) is 14.0. The van der Waals surface area contributed by atoms with E-state index in [1.165, 1.54) is 44.8 Å². The minimum atomic E-state index is -0.0453. The van der Waals surface area contributed by atoms with Gasteiger partial charge in [0.25, 0.3) is 0 Å². The lowest BCUT2D eigenvalue weighted by atomic mass is 9.64. The standard InChI is InChI=1S/C40H31BN4/c1-2-8-30(9-3-1)31-14-20-36(21-15-31)41-44(37-22-16-32(17-23-37)34-10-6-26-42-28-34)39-12-4-5-13-40(39)45(41)38-24-18-33(19-25-38)35-11-7-27-43-29-35/h1-18,20-24,26-29H,19,25H2. The number of rotatable bonds is 6. The lowest BCUT2D eigenvalue weighted by Crippen LogP contribution is -2.54. The van der Waals surface area contributed by atoms with Crippen LogP contribution in [0.5, 0.6) is 0 Å². The summed E-state index contributed by atoms with van der Waals surface area (Å²) in [6, 6.07) is 45.6. The van der Waals surface area contributed by atoms with Gasteiger partial charge in [0.2, 0.25) is 0 Å². The first kappa shape index (κ1) is 26.9. The highest BCUT2D eigenvalue weighted by Crippen LogP contribution is 2.46. The fourth-order valence-corrected chi connectivity index (χ4v) is 6.59. The number of nitrogens with zero attached hydrogens (tertiary/aromatic N) is 4. The number of hydrogen-bond donors (Lipinski definition) is 0. The number of para-hydroxylation sites is 2. The molecule has 1 aliphatic heterocycles. The molecule has 4 nitrogen and oxygen atoms in total. The van der Waals surface area contributed by atoms with E-state index in [-0.39, 0.29) is 6.98 Å². The van der Waals surface area contributed by atoms with Crippen molar-refractivity contribution in [2.45, 2.75) is 12.8 Å². The minimum Gasteiger partial charge on any atom is -0.363 e. The summed E-state index contributed by atoms with van der Waals surface area (Å²) in [5, 5.41) is 0. The minimum absolute atomic E-state index is 0.0453. The van der Waals surface area contributed by atoms with Crippen LogP contribution in [0.25, 0.3) is 27.8 Å². The second kappa shape index (κ2) is 11.8. The van der Waals surface area contributed by atoms with Crippen molar-refractivity contribution in [2.75, 3.05) is 9.62 Å². The van der Waals surface area contributed by atoms with Gasteiger partial charge in [0.15, 0.2) is 0 Å². The number of hydrogen-bond acceptors (Lipinski definition) is 4. The molecule has 0 radical (unpaired) electrons. The number of pyridine rings is 2. The summed E-state index contributed by atoms with van der Waals surface area (Å²) in [5.41, 5.74) is 13.3. The van der Waals surface area contributed by atoms with Gasteiger partial charge in [0, 0.05) is 36.2 Å². The van der Waals surface area contributed by atoms with Gasteiger partial charge in [-0.05, 0) is 94.2 Å². The van der Waals surface area contributed by atoms with E-state index in [1.807, 2.05) is 36.9 Å². The predicted octanol–water partition coefficient (Wildman–Crippen LogP) is 8.93. The summed E-state index contributed by atoms with van der Waals surface area (Å²) in [4.78, 5) is 13.7. The van der Waals surface area contributed by atoms with E-state index in [0.29, 0.717) is 0 Å². The monoisotopic (exact) mass is 578 g/mol. The Balaban J connectivity index is 1.24. The Morgan fingerprint density at radius 1 is 0.467 bits per heavy atom. The molecule has 6 aromatic rings. The average Bonchev–Trinajstić information content (AvgIpc) is 3.48. The first-order valence-corrected chi connectivity index (χ1v) is 15.5. The second-order valence-corrected chi connectivity index (χ2v) is 11.5. The fraction of sp³-hybridized carbons (Fsp3) is 0.0500. The SMILES string of the molecule is C1=C(c2cccnc2)CCC(N2B(c3ccc(-c4ccccc4)cc3)N(c3ccc(-c4cccnc4)cc3)c3ccccc32)=C1. The molecular weight excluding hydrogens is 547 g/mol. The van der Waals surface area contributed by atoms with Crippen molar-refractivity contribution in [2.24, 2.45) is 0 Å². The molecule has 214 valence electrons. The van der Waals surface area contributed by atoms with Crippen molar-refractivity contribution in [1.29, 1.82) is 0 Å². The lowest BCUT2D eigenvalue weighted by molar-refractivity contribution is 0.949. The second-order valence-electron chi connectivity index (χ2n) is 11.5. The maximum absolute atomic E-state index is 4.35. The molecule has 0 N–H and O–H groups in total. The lowest BCUT2D eigenvalue weighted by Gasteiger charge is -2.33. The van der Waals surface area contributed by atoms with E-state index in [0.717, 1.165) is 29.7 Å².